The van der Waals surface area contributed by atoms with Gasteiger partial charge in [0, 0.05) is 41.2 Å². The van der Waals surface area contributed by atoms with E-state index < -0.39 is 0 Å². The Morgan fingerprint density at radius 3 is 2.81 bits per heavy atom. The topological polar surface area (TPSA) is 100 Å². The molecule has 6 rings (SSSR count). The molecule has 0 spiro atoms. The number of rotatable bonds is 6. The van der Waals surface area contributed by atoms with Gasteiger partial charge in [-0.1, -0.05) is 29.5 Å². The molecular weight excluding hydrogens is 474 g/mol. The van der Waals surface area contributed by atoms with Gasteiger partial charge in [0.1, 0.15) is 17.4 Å². The van der Waals surface area contributed by atoms with Gasteiger partial charge in [-0.05, 0) is 62.2 Å². The molecule has 8 nitrogen and oxygen atoms in total. The molecule has 2 aromatic heterocycles. The number of fused-ring (bicyclic) bond motifs is 2. The first-order valence-electron chi connectivity index (χ1n) is 12.2. The summed E-state index contributed by atoms with van der Waals surface area (Å²) in [6, 6.07) is 15.4. The van der Waals surface area contributed by atoms with Crippen LogP contribution in [-0.2, 0) is 19.4 Å². The Morgan fingerprint density at radius 1 is 1.17 bits per heavy atom. The number of pyridine rings is 1. The maximum atomic E-state index is 13.0. The van der Waals surface area contributed by atoms with E-state index in [9.17, 15) is 9.59 Å². The first kappa shape index (κ1) is 22.9. The third kappa shape index (κ3) is 4.40. The summed E-state index contributed by atoms with van der Waals surface area (Å²) in [6.07, 6.45) is 3.19. The van der Waals surface area contributed by atoms with Crippen molar-refractivity contribution in [1.29, 1.82) is 0 Å². The van der Waals surface area contributed by atoms with Gasteiger partial charge in [0.05, 0.1) is 11.6 Å². The number of H-pyrrole nitrogens is 1. The van der Waals surface area contributed by atoms with Gasteiger partial charge in [0.15, 0.2) is 0 Å². The van der Waals surface area contributed by atoms with E-state index in [-0.39, 0.29) is 22.7 Å². The van der Waals surface area contributed by atoms with Crippen molar-refractivity contribution in [1.82, 2.24) is 25.4 Å². The van der Waals surface area contributed by atoms with Crippen LogP contribution in [0.5, 0.6) is 5.75 Å². The fraction of sp³-hybridized carbons (Fsp3) is 0.333. The number of likely N-dealkylation sites (tertiary alicyclic amines) is 1. The number of aromatic nitrogens is 3. The quantitative estimate of drug-likeness (QED) is 0.421. The van der Waals surface area contributed by atoms with E-state index in [1.807, 2.05) is 31.3 Å². The number of carbonyl (C=O) groups excluding carboxylic acids is 1. The summed E-state index contributed by atoms with van der Waals surface area (Å²) < 4.78 is 6.18. The molecule has 9 heteroatoms. The van der Waals surface area contributed by atoms with Crippen molar-refractivity contribution in [2.75, 3.05) is 20.1 Å². The summed E-state index contributed by atoms with van der Waals surface area (Å²) >= 11 is 1.11. The Hall–Kier alpha value is -3.56. The molecule has 0 unspecified atom stereocenters. The molecule has 1 saturated heterocycles. The summed E-state index contributed by atoms with van der Waals surface area (Å²) in [4.78, 5) is 31.4. The number of benzene rings is 2. The molecule has 0 radical (unpaired) electrons. The monoisotopic (exact) mass is 501 g/mol. The number of para-hydroxylation sites is 1. The predicted octanol–water partition coefficient (Wildman–Crippen LogP) is 3.27. The van der Waals surface area contributed by atoms with Crippen LogP contribution in [0.1, 0.15) is 44.5 Å². The Kier molecular flexibility index (Phi) is 6.02. The molecule has 0 saturated carbocycles. The van der Waals surface area contributed by atoms with Crippen LogP contribution in [0.4, 0.5) is 0 Å². The van der Waals surface area contributed by atoms with Crippen molar-refractivity contribution in [2.45, 2.75) is 37.8 Å². The number of aromatic amines is 1. The summed E-state index contributed by atoms with van der Waals surface area (Å²) in [7, 11) is 2.00. The number of hydrogen-bond acceptors (Lipinski definition) is 7. The Bertz CT molecular complexity index is 1480. The van der Waals surface area contributed by atoms with E-state index in [4.69, 9.17) is 9.72 Å². The molecule has 1 aliphatic heterocycles. The van der Waals surface area contributed by atoms with E-state index in [1.165, 1.54) is 16.8 Å². The van der Waals surface area contributed by atoms with Crippen LogP contribution in [0.3, 0.4) is 0 Å². The average Bonchev–Trinajstić information content (AvgIpc) is 3.62. The van der Waals surface area contributed by atoms with Crippen molar-refractivity contribution in [3.05, 3.63) is 85.6 Å². The summed E-state index contributed by atoms with van der Waals surface area (Å²) in [5, 5.41) is 11.6. The molecule has 1 amide bonds. The Labute approximate surface area is 212 Å². The van der Waals surface area contributed by atoms with Gasteiger partial charge < -0.3 is 15.0 Å². The van der Waals surface area contributed by atoms with Crippen molar-refractivity contribution in [3.8, 4) is 5.75 Å². The van der Waals surface area contributed by atoms with Crippen LogP contribution in [0.25, 0.3) is 10.9 Å². The fourth-order valence-corrected chi connectivity index (χ4v) is 6.14. The number of carbonyl (C=O) groups is 1. The van der Waals surface area contributed by atoms with Crippen molar-refractivity contribution < 1.29 is 9.53 Å². The van der Waals surface area contributed by atoms with Crippen LogP contribution in [0.2, 0.25) is 0 Å². The highest BCUT2D eigenvalue weighted by Gasteiger charge is 2.35. The van der Waals surface area contributed by atoms with Gasteiger partial charge in [-0.2, -0.15) is 5.10 Å². The number of aryl methyl sites for hydroxylation is 1. The van der Waals surface area contributed by atoms with Crippen LogP contribution in [-0.4, -0.2) is 52.2 Å². The molecule has 4 aromatic rings. The molecule has 1 aliphatic carbocycles. The summed E-state index contributed by atoms with van der Waals surface area (Å²) in [6.45, 7) is 1.92. The second-order valence-corrected chi connectivity index (χ2v) is 10.6. The molecule has 3 heterocycles. The number of ether oxygens (including phenoxy) is 1. The maximum absolute atomic E-state index is 13.0. The normalized spacial score (nSPS) is 19.5. The lowest BCUT2D eigenvalue weighted by Gasteiger charge is -2.18. The van der Waals surface area contributed by atoms with Gasteiger partial charge in [0.25, 0.3) is 5.91 Å². The zero-order chi connectivity index (χ0) is 24.6. The van der Waals surface area contributed by atoms with E-state index in [2.05, 4.69) is 32.5 Å². The van der Waals surface area contributed by atoms with E-state index in [1.54, 1.807) is 12.1 Å². The van der Waals surface area contributed by atoms with Crippen LogP contribution >= 0.6 is 11.3 Å². The van der Waals surface area contributed by atoms with Gasteiger partial charge in [0.2, 0.25) is 0 Å². The molecule has 0 bridgehead atoms. The Morgan fingerprint density at radius 2 is 2.00 bits per heavy atom. The zero-order valence-electron chi connectivity index (χ0n) is 20.0. The van der Waals surface area contributed by atoms with Crippen molar-refractivity contribution >= 4 is 28.1 Å². The van der Waals surface area contributed by atoms with Gasteiger partial charge in [-0.15, -0.1) is 0 Å². The first-order chi connectivity index (χ1) is 17.5. The zero-order valence-corrected chi connectivity index (χ0v) is 20.8. The van der Waals surface area contributed by atoms with E-state index in [0.29, 0.717) is 18.7 Å². The standard InChI is InChI=1S/C27H27N5O3S/c1-32-13-20(26-30-31-27(34)36-26)24(14-32)29-25(33)16-9-11-17(12-10-16)35-15-21-18-5-2-3-7-22(18)28-23-8-4-6-19(21)23/h2-3,5,7,9-12,20,24H,4,6,8,13-15H2,1H3,(H,29,33)(H,31,34)/t20-,24+/m0/s1. The second kappa shape index (κ2) is 9.48. The summed E-state index contributed by atoms with van der Waals surface area (Å²) in [5.74, 6) is 0.564. The average molecular weight is 502 g/mol. The molecule has 2 aromatic carbocycles. The van der Waals surface area contributed by atoms with E-state index >= 15 is 0 Å². The van der Waals surface area contributed by atoms with Gasteiger partial charge in [-0.3, -0.25) is 14.6 Å². The second-order valence-electron chi connectivity index (χ2n) is 9.56. The Balaban J connectivity index is 1.14. The van der Waals surface area contributed by atoms with Crippen molar-refractivity contribution in [3.63, 3.8) is 0 Å². The lowest BCUT2D eigenvalue weighted by molar-refractivity contribution is 0.0935. The van der Waals surface area contributed by atoms with Crippen molar-refractivity contribution in [2.24, 2.45) is 0 Å². The third-order valence-electron chi connectivity index (χ3n) is 7.13. The number of nitrogens with zero attached hydrogens (tertiary/aromatic N) is 3. The minimum atomic E-state index is -0.176. The minimum Gasteiger partial charge on any atom is -0.489 e. The van der Waals surface area contributed by atoms with Crippen LogP contribution < -0.4 is 14.9 Å². The predicted molar refractivity (Wildman–Crippen MR) is 139 cm³/mol. The van der Waals surface area contributed by atoms with Crippen LogP contribution in [0, 0.1) is 0 Å². The highest BCUT2D eigenvalue weighted by Crippen LogP contribution is 2.31. The molecule has 2 aliphatic rings. The minimum absolute atomic E-state index is 0.0116. The highest BCUT2D eigenvalue weighted by atomic mass is 32.1. The van der Waals surface area contributed by atoms with Crippen LogP contribution in [0.15, 0.2) is 53.3 Å². The number of nitrogens with one attached hydrogen (secondary N) is 2. The number of likely N-dealkylation sites (N-methyl/N-ethyl adjacent to an activating group) is 1. The molecule has 184 valence electrons. The van der Waals surface area contributed by atoms with E-state index in [0.717, 1.165) is 58.8 Å². The number of amides is 1. The maximum Gasteiger partial charge on any atom is 0.322 e. The molecule has 2 atom stereocenters. The van der Waals surface area contributed by atoms with Gasteiger partial charge >= 0.3 is 4.87 Å². The fourth-order valence-electron chi connectivity index (χ4n) is 5.38. The first-order valence-corrected chi connectivity index (χ1v) is 13.0. The third-order valence-corrected chi connectivity index (χ3v) is 8.01. The number of hydrogen-bond donors (Lipinski definition) is 2. The lowest BCUT2D eigenvalue weighted by Crippen LogP contribution is -2.39. The highest BCUT2D eigenvalue weighted by molar-refractivity contribution is 7.08. The molecule has 1 fully saturated rings. The largest absolute Gasteiger partial charge is 0.489 e. The molecule has 36 heavy (non-hydrogen) atoms. The SMILES string of the molecule is CN1C[C@H](c2n[nH]c(=O)s2)[C@H](NC(=O)c2ccc(OCc3c4c(nc5ccccc35)CCC4)cc2)C1. The molecule has 2 N–H and O–H groups in total. The smallest absolute Gasteiger partial charge is 0.322 e. The van der Waals surface area contributed by atoms with Gasteiger partial charge in [-0.25, -0.2) is 5.10 Å². The molecular formula is C27H27N5O3S. The summed E-state index contributed by atoms with van der Waals surface area (Å²) in [5.41, 5.74) is 5.31. The lowest BCUT2D eigenvalue weighted by atomic mass is 10.0.